The molecule has 0 aromatic carbocycles. The molecule has 0 radical (unpaired) electrons. The number of hydrogen-bond donors (Lipinski definition) is 4. The van der Waals surface area contributed by atoms with Crippen molar-refractivity contribution < 1.29 is 15.3 Å². The van der Waals surface area contributed by atoms with Gasteiger partial charge in [0.1, 0.15) is 0 Å². The maximum atomic E-state index is 11.9. The number of aromatic nitrogens is 4. The molecule has 2 heterocycles. The van der Waals surface area contributed by atoms with E-state index in [-0.39, 0.29) is 11.4 Å². The number of aryl methyl sites for hydroxylation is 1. The van der Waals surface area contributed by atoms with Crippen molar-refractivity contribution in [3.63, 3.8) is 0 Å². The minimum absolute atomic E-state index is 0.0714. The third-order valence-electron chi connectivity index (χ3n) is 3.25. The lowest BCUT2D eigenvalue weighted by atomic mass is 9.88. The van der Waals surface area contributed by atoms with Crippen LogP contribution >= 0.6 is 0 Å². The second kappa shape index (κ2) is 5.24. The summed E-state index contributed by atoms with van der Waals surface area (Å²) in [7, 11) is 0. The van der Waals surface area contributed by atoms with E-state index in [4.69, 9.17) is 0 Å². The van der Waals surface area contributed by atoms with Gasteiger partial charge < -0.3 is 15.2 Å². The van der Waals surface area contributed by atoms with E-state index in [2.05, 4.69) is 20.2 Å². The molecule has 0 amide bonds. The molecule has 0 bridgehead atoms. The van der Waals surface area contributed by atoms with Gasteiger partial charge >= 0.3 is 11.6 Å². The van der Waals surface area contributed by atoms with Crippen molar-refractivity contribution in [3.05, 3.63) is 37.7 Å². The molecule has 0 aliphatic rings. The smallest absolute Gasteiger partial charge is 0.392 e. The quantitative estimate of drug-likeness (QED) is 0.583. The molecule has 0 unspecified atom stereocenters. The summed E-state index contributed by atoms with van der Waals surface area (Å²) in [6.45, 7) is 3.62. The van der Waals surface area contributed by atoms with Gasteiger partial charge in [-0.25, -0.2) is 4.79 Å². The van der Waals surface area contributed by atoms with Crippen LogP contribution in [0.15, 0.2) is 9.59 Å². The Balaban J connectivity index is 2.67. The fraction of sp³-hybridized carbons (Fsp3) is 0.417. The number of nitrogens with one attached hydrogen (secondary N) is 4. The molecular formula is C12H16N4O4. The van der Waals surface area contributed by atoms with Crippen LogP contribution < -0.4 is 21.5 Å². The zero-order valence-electron chi connectivity index (χ0n) is 11.2. The van der Waals surface area contributed by atoms with Gasteiger partial charge in [-0.2, -0.15) is 5.10 Å². The Kier molecular flexibility index (Phi) is 3.64. The van der Waals surface area contributed by atoms with Gasteiger partial charge in [0.15, 0.2) is 0 Å². The number of aromatic amines is 4. The first-order valence-electron chi connectivity index (χ1n) is 6.28. The summed E-state index contributed by atoms with van der Waals surface area (Å²) in [6, 6.07) is 0. The van der Waals surface area contributed by atoms with Crippen LogP contribution in [-0.4, -0.2) is 20.2 Å². The summed E-state index contributed by atoms with van der Waals surface area (Å²) in [5.74, 6) is -1.43. The zero-order chi connectivity index (χ0) is 14.9. The lowest BCUT2D eigenvalue weighted by molar-refractivity contribution is -0.462. The van der Waals surface area contributed by atoms with Crippen molar-refractivity contribution in [2.24, 2.45) is 0 Å². The van der Waals surface area contributed by atoms with Crippen molar-refractivity contribution in [1.29, 1.82) is 0 Å². The van der Waals surface area contributed by atoms with Crippen molar-refractivity contribution in [2.75, 3.05) is 0 Å². The minimum atomic E-state index is -0.833. The Morgan fingerprint density at radius 2 is 2.00 bits per heavy atom. The lowest BCUT2D eigenvalue weighted by Gasteiger charge is -2.19. The number of rotatable bonds is 4. The van der Waals surface area contributed by atoms with Crippen molar-refractivity contribution in [3.8, 4) is 11.8 Å². The third-order valence-corrected chi connectivity index (χ3v) is 3.25. The Bertz CT molecular complexity index is 708. The zero-order valence-corrected chi connectivity index (χ0v) is 11.2. The van der Waals surface area contributed by atoms with E-state index in [1.165, 1.54) is 0 Å². The first kappa shape index (κ1) is 13.9. The van der Waals surface area contributed by atoms with Crippen molar-refractivity contribution >= 4 is 0 Å². The van der Waals surface area contributed by atoms with Crippen LogP contribution in [0, 0.1) is 6.92 Å². The van der Waals surface area contributed by atoms with Crippen LogP contribution in [0.2, 0.25) is 0 Å². The minimum Gasteiger partial charge on any atom is -0.860 e. The number of H-pyrrole nitrogens is 4. The van der Waals surface area contributed by atoms with Gasteiger partial charge in [0.25, 0.3) is 5.56 Å². The molecule has 8 heteroatoms. The molecule has 20 heavy (non-hydrogen) atoms. The first-order chi connectivity index (χ1) is 9.45. The molecule has 0 saturated carbocycles. The SMILES string of the molecule is CCC[C@H](c1c(C)[nH][nH+]c1O)c1c([O-])[nH]c(=O)[nH]c1=O. The highest BCUT2D eigenvalue weighted by molar-refractivity contribution is 5.40. The molecule has 1 atom stereocenters. The highest BCUT2D eigenvalue weighted by Crippen LogP contribution is 2.34. The Hall–Kier alpha value is -2.51. The van der Waals surface area contributed by atoms with Gasteiger partial charge in [0.05, 0.1) is 11.3 Å². The van der Waals surface area contributed by atoms with Gasteiger partial charge in [-0.15, -0.1) is 0 Å². The summed E-state index contributed by atoms with van der Waals surface area (Å²) in [5.41, 5.74) is -0.539. The van der Waals surface area contributed by atoms with E-state index in [0.29, 0.717) is 24.1 Å². The van der Waals surface area contributed by atoms with Gasteiger partial charge in [-0.3, -0.25) is 9.78 Å². The van der Waals surface area contributed by atoms with E-state index in [0.717, 1.165) is 0 Å². The molecular weight excluding hydrogens is 264 g/mol. The highest BCUT2D eigenvalue weighted by Gasteiger charge is 2.28. The molecule has 2 aromatic heterocycles. The molecule has 8 nitrogen and oxygen atoms in total. The molecule has 108 valence electrons. The highest BCUT2D eigenvalue weighted by atomic mass is 16.3. The van der Waals surface area contributed by atoms with Crippen LogP contribution in [-0.2, 0) is 0 Å². The van der Waals surface area contributed by atoms with E-state index in [1.54, 1.807) is 6.92 Å². The molecule has 0 aliphatic heterocycles. The molecule has 5 N–H and O–H groups in total. The molecule has 0 saturated heterocycles. The lowest BCUT2D eigenvalue weighted by Crippen LogP contribution is -2.29. The van der Waals surface area contributed by atoms with Gasteiger partial charge in [-0.05, 0) is 19.2 Å². The summed E-state index contributed by atoms with van der Waals surface area (Å²) in [5, 5.41) is 27.0. The largest absolute Gasteiger partial charge is 0.860 e. The van der Waals surface area contributed by atoms with E-state index in [9.17, 15) is 19.8 Å². The summed E-state index contributed by atoms with van der Waals surface area (Å²) in [4.78, 5) is 27.1. The van der Waals surface area contributed by atoms with Gasteiger partial charge in [0.2, 0.25) is 0 Å². The second-order valence-electron chi connectivity index (χ2n) is 4.63. The van der Waals surface area contributed by atoms with Crippen LogP contribution in [0.5, 0.6) is 11.8 Å². The normalized spacial score (nSPS) is 12.5. The molecule has 0 fully saturated rings. The summed E-state index contributed by atoms with van der Waals surface area (Å²) >= 11 is 0. The number of aromatic hydroxyl groups is 1. The predicted octanol–water partition coefficient (Wildman–Crippen LogP) is -0.775. The Morgan fingerprint density at radius 1 is 1.30 bits per heavy atom. The molecule has 0 spiro atoms. The van der Waals surface area contributed by atoms with E-state index >= 15 is 0 Å². The third kappa shape index (κ3) is 2.31. The van der Waals surface area contributed by atoms with E-state index < -0.39 is 23.0 Å². The van der Waals surface area contributed by atoms with E-state index in [1.807, 2.05) is 6.92 Å². The molecule has 2 aromatic rings. The predicted molar refractivity (Wildman–Crippen MR) is 67.6 cm³/mol. The van der Waals surface area contributed by atoms with Crippen LogP contribution in [0.25, 0.3) is 0 Å². The standard InChI is InChI=1S/C12H16N4O4/c1-3-4-6(7-5(2)15-16-11(7)19)8-9(17)13-12(20)14-10(8)18/h6H,3-4H2,1-2H3,(H2,15,16,19)(H3,13,14,17,18,20)/t6-/m1/s1. The fourth-order valence-corrected chi connectivity index (χ4v) is 2.41. The average Bonchev–Trinajstić information content (AvgIpc) is 2.67. The van der Waals surface area contributed by atoms with Crippen LogP contribution in [0.1, 0.15) is 42.5 Å². The topological polar surface area (TPSA) is 139 Å². The molecule has 0 aliphatic carbocycles. The Labute approximate surface area is 113 Å². The summed E-state index contributed by atoms with van der Waals surface area (Å²) < 4.78 is 0. The van der Waals surface area contributed by atoms with Crippen molar-refractivity contribution in [2.45, 2.75) is 32.6 Å². The average molecular weight is 280 g/mol. The number of hydrogen-bond acceptors (Lipinski definition) is 4. The Morgan fingerprint density at radius 3 is 2.50 bits per heavy atom. The van der Waals surface area contributed by atoms with Gasteiger partial charge in [-0.1, -0.05) is 18.4 Å². The van der Waals surface area contributed by atoms with Crippen LogP contribution in [0.3, 0.4) is 0 Å². The summed E-state index contributed by atoms with van der Waals surface area (Å²) in [6.07, 6.45) is 1.19. The maximum Gasteiger partial charge on any atom is 0.392 e. The first-order valence-corrected chi connectivity index (χ1v) is 6.28. The van der Waals surface area contributed by atoms with Crippen molar-refractivity contribution in [1.82, 2.24) is 15.1 Å². The fourth-order valence-electron chi connectivity index (χ4n) is 2.41. The molecule has 2 rings (SSSR count). The van der Waals surface area contributed by atoms with Gasteiger partial charge in [0, 0.05) is 11.5 Å². The maximum absolute atomic E-state index is 11.9. The second-order valence-corrected chi connectivity index (χ2v) is 4.63. The van der Waals surface area contributed by atoms with Crippen LogP contribution in [0.4, 0.5) is 0 Å². The monoisotopic (exact) mass is 280 g/mol.